The van der Waals surface area contributed by atoms with Gasteiger partial charge in [0.1, 0.15) is 5.69 Å². The van der Waals surface area contributed by atoms with Crippen LogP contribution in [0.2, 0.25) is 0 Å². The van der Waals surface area contributed by atoms with Crippen molar-refractivity contribution in [3.05, 3.63) is 46.8 Å². The molecule has 0 spiro atoms. The molecule has 0 radical (unpaired) electrons. The average Bonchev–Trinajstić information content (AvgIpc) is 2.97. The maximum atomic E-state index is 12.7. The van der Waals surface area contributed by atoms with E-state index in [9.17, 15) is 18.3 Å². The average molecular weight is 340 g/mol. The summed E-state index contributed by atoms with van der Waals surface area (Å²) >= 11 is 0. The van der Waals surface area contributed by atoms with E-state index in [0.717, 1.165) is 31.3 Å². The number of rotatable bonds is 5. The first-order valence-corrected chi connectivity index (χ1v) is 7.88. The molecule has 1 aliphatic heterocycles. The van der Waals surface area contributed by atoms with Gasteiger partial charge < -0.3 is 5.11 Å². The minimum atomic E-state index is -4.30. The van der Waals surface area contributed by atoms with Gasteiger partial charge >= 0.3 is 6.18 Å². The smallest absolute Gasteiger partial charge is 0.390 e. The van der Waals surface area contributed by atoms with Crippen molar-refractivity contribution in [3.8, 4) is 0 Å². The SMILES string of the molecule is OCc1nnn2c1CN(CCCc1cccc(C(F)(F)F)c1)CC2. The normalized spacial score (nSPS) is 15.5. The number of hydrogen-bond donors (Lipinski definition) is 1. The lowest BCUT2D eigenvalue weighted by Gasteiger charge is -2.27. The molecule has 1 aliphatic rings. The minimum Gasteiger partial charge on any atom is -0.390 e. The highest BCUT2D eigenvalue weighted by atomic mass is 19.4. The molecule has 1 aromatic heterocycles. The number of hydrogen-bond acceptors (Lipinski definition) is 4. The summed E-state index contributed by atoms with van der Waals surface area (Å²) in [6.07, 6.45) is -2.92. The number of aliphatic hydroxyl groups is 1. The van der Waals surface area contributed by atoms with Crippen LogP contribution in [-0.2, 0) is 32.3 Å². The van der Waals surface area contributed by atoms with Gasteiger partial charge in [-0.15, -0.1) is 5.10 Å². The maximum absolute atomic E-state index is 12.7. The highest BCUT2D eigenvalue weighted by molar-refractivity contribution is 5.25. The molecule has 2 heterocycles. The largest absolute Gasteiger partial charge is 0.416 e. The predicted molar refractivity (Wildman–Crippen MR) is 81.0 cm³/mol. The van der Waals surface area contributed by atoms with Crippen LogP contribution in [0.5, 0.6) is 0 Å². The zero-order chi connectivity index (χ0) is 17.2. The maximum Gasteiger partial charge on any atom is 0.416 e. The third kappa shape index (κ3) is 3.76. The lowest BCUT2D eigenvalue weighted by Crippen LogP contribution is -2.35. The molecule has 130 valence electrons. The Balaban J connectivity index is 1.54. The van der Waals surface area contributed by atoms with Crippen molar-refractivity contribution < 1.29 is 18.3 Å². The number of aryl methyl sites for hydroxylation is 1. The molecule has 5 nitrogen and oxygen atoms in total. The Morgan fingerprint density at radius 1 is 1.21 bits per heavy atom. The molecule has 0 saturated carbocycles. The van der Waals surface area contributed by atoms with E-state index in [2.05, 4.69) is 15.2 Å². The monoisotopic (exact) mass is 340 g/mol. The molecule has 2 aromatic rings. The number of halogens is 3. The van der Waals surface area contributed by atoms with Gasteiger partial charge in [0.25, 0.3) is 0 Å². The van der Waals surface area contributed by atoms with Crippen LogP contribution in [-0.4, -0.2) is 38.1 Å². The van der Waals surface area contributed by atoms with Gasteiger partial charge in [-0.1, -0.05) is 23.4 Å². The van der Waals surface area contributed by atoms with E-state index < -0.39 is 11.7 Å². The molecule has 0 atom stereocenters. The number of aliphatic hydroxyl groups excluding tert-OH is 1. The highest BCUT2D eigenvalue weighted by Gasteiger charge is 2.30. The van der Waals surface area contributed by atoms with Crippen LogP contribution < -0.4 is 0 Å². The zero-order valence-corrected chi connectivity index (χ0v) is 13.1. The fraction of sp³-hybridized carbons (Fsp3) is 0.500. The van der Waals surface area contributed by atoms with Crippen molar-refractivity contribution in [1.82, 2.24) is 19.9 Å². The van der Waals surface area contributed by atoms with E-state index in [-0.39, 0.29) is 6.61 Å². The number of fused-ring (bicyclic) bond motifs is 1. The molecule has 3 rings (SSSR count). The lowest BCUT2D eigenvalue weighted by atomic mass is 10.1. The summed E-state index contributed by atoms with van der Waals surface area (Å²) in [6, 6.07) is 5.50. The Hall–Kier alpha value is -1.93. The summed E-state index contributed by atoms with van der Waals surface area (Å²) in [5.41, 5.74) is 1.62. The van der Waals surface area contributed by atoms with Crippen LogP contribution >= 0.6 is 0 Å². The quantitative estimate of drug-likeness (QED) is 0.907. The molecular formula is C16H19F3N4O. The summed E-state index contributed by atoms with van der Waals surface area (Å²) in [5, 5.41) is 17.2. The first-order chi connectivity index (χ1) is 11.5. The Morgan fingerprint density at radius 3 is 2.79 bits per heavy atom. The number of benzene rings is 1. The van der Waals surface area contributed by atoms with E-state index in [0.29, 0.717) is 30.8 Å². The third-order valence-electron chi connectivity index (χ3n) is 4.26. The molecule has 0 bridgehead atoms. The molecule has 24 heavy (non-hydrogen) atoms. The summed E-state index contributed by atoms with van der Waals surface area (Å²) in [5.74, 6) is 0. The fourth-order valence-corrected chi connectivity index (χ4v) is 2.97. The van der Waals surface area contributed by atoms with Gasteiger partial charge in [-0.2, -0.15) is 13.2 Å². The minimum absolute atomic E-state index is 0.132. The van der Waals surface area contributed by atoms with E-state index in [4.69, 9.17) is 0 Å². The van der Waals surface area contributed by atoms with E-state index in [1.807, 2.05) is 0 Å². The molecule has 0 saturated heterocycles. The number of nitrogens with zero attached hydrogens (tertiary/aromatic N) is 4. The lowest BCUT2D eigenvalue weighted by molar-refractivity contribution is -0.137. The van der Waals surface area contributed by atoms with Gasteiger partial charge in [-0.25, -0.2) is 4.68 Å². The van der Waals surface area contributed by atoms with Gasteiger partial charge in [0.15, 0.2) is 0 Å². The van der Waals surface area contributed by atoms with Crippen LogP contribution in [0.3, 0.4) is 0 Å². The van der Waals surface area contributed by atoms with Gasteiger partial charge in [-0.05, 0) is 31.0 Å². The van der Waals surface area contributed by atoms with Crippen LogP contribution in [0.4, 0.5) is 13.2 Å². The summed E-state index contributed by atoms with van der Waals surface area (Å²) in [7, 11) is 0. The van der Waals surface area contributed by atoms with Gasteiger partial charge in [0.05, 0.1) is 24.4 Å². The molecule has 0 amide bonds. The first kappa shape index (κ1) is 16.9. The molecule has 1 N–H and O–H groups in total. The van der Waals surface area contributed by atoms with E-state index in [1.54, 1.807) is 10.7 Å². The molecule has 8 heteroatoms. The first-order valence-electron chi connectivity index (χ1n) is 7.88. The van der Waals surface area contributed by atoms with Crippen molar-refractivity contribution in [2.75, 3.05) is 13.1 Å². The standard InChI is InChI=1S/C16H19F3N4O/c17-16(18,19)13-5-1-3-12(9-13)4-2-6-22-7-8-23-15(10-22)14(11-24)20-21-23/h1,3,5,9,24H,2,4,6-8,10-11H2. The number of alkyl halides is 3. The van der Waals surface area contributed by atoms with Crippen molar-refractivity contribution in [2.45, 2.75) is 38.7 Å². The topological polar surface area (TPSA) is 54.2 Å². The molecule has 0 unspecified atom stereocenters. The molecule has 1 aromatic carbocycles. The Labute approximate surface area is 137 Å². The van der Waals surface area contributed by atoms with Crippen molar-refractivity contribution in [1.29, 1.82) is 0 Å². The van der Waals surface area contributed by atoms with E-state index >= 15 is 0 Å². The third-order valence-corrected chi connectivity index (χ3v) is 4.26. The fourth-order valence-electron chi connectivity index (χ4n) is 2.97. The van der Waals surface area contributed by atoms with Gasteiger partial charge in [0, 0.05) is 13.1 Å². The molecule has 0 aliphatic carbocycles. The second kappa shape index (κ2) is 6.90. The Kier molecular flexibility index (Phi) is 4.86. The molecule has 0 fully saturated rings. The van der Waals surface area contributed by atoms with Crippen LogP contribution in [0.15, 0.2) is 24.3 Å². The van der Waals surface area contributed by atoms with E-state index in [1.165, 1.54) is 12.1 Å². The van der Waals surface area contributed by atoms with Crippen molar-refractivity contribution in [2.24, 2.45) is 0 Å². The van der Waals surface area contributed by atoms with Crippen molar-refractivity contribution in [3.63, 3.8) is 0 Å². The number of aromatic nitrogens is 3. The second-order valence-electron chi connectivity index (χ2n) is 5.94. The summed E-state index contributed by atoms with van der Waals surface area (Å²) in [4.78, 5) is 2.21. The van der Waals surface area contributed by atoms with Crippen LogP contribution in [0.1, 0.15) is 28.9 Å². The highest BCUT2D eigenvalue weighted by Crippen LogP contribution is 2.29. The second-order valence-corrected chi connectivity index (χ2v) is 5.94. The summed E-state index contributed by atoms with van der Waals surface area (Å²) < 4.78 is 40.0. The van der Waals surface area contributed by atoms with Crippen molar-refractivity contribution >= 4 is 0 Å². The predicted octanol–water partition coefficient (Wildman–Crippen LogP) is 2.24. The molecular weight excluding hydrogens is 321 g/mol. The Bertz CT molecular complexity index is 685. The Morgan fingerprint density at radius 2 is 2.04 bits per heavy atom. The summed E-state index contributed by atoms with van der Waals surface area (Å²) in [6.45, 7) is 2.85. The van der Waals surface area contributed by atoms with Gasteiger partial charge in [0.2, 0.25) is 0 Å². The van der Waals surface area contributed by atoms with Gasteiger partial charge in [-0.3, -0.25) is 4.90 Å². The van der Waals surface area contributed by atoms with Crippen LogP contribution in [0, 0.1) is 0 Å². The van der Waals surface area contributed by atoms with Crippen LogP contribution in [0.25, 0.3) is 0 Å². The zero-order valence-electron chi connectivity index (χ0n) is 13.1.